The SMILES string of the molecule is CC(C)(C)OC(=O)N1CCCC[C@H]1C[S@](=O)c1cnc2cc([N+](=O)[O-])ccc2n1. The fourth-order valence-corrected chi connectivity index (χ4v) is 4.44. The van der Waals surface area contributed by atoms with Crippen molar-refractivity contribution in [1.29, 1.82) is 0 Å². The average Bonchev–Trinajstić information content (AvgIpc) is 2.66. The van der Waals surface area contributed by atoms with Crippen molar-refractivity contribution in [2.45, 2.75) is 56.7 Å². The van der Waals surface area contributed by atoms with Crippen molar-refractivity contribution >= 4 is 33.6 Å². The van der Waals surface area contributed by atoms with Crippen LogP contribution in [0.5, 0.6) is 0 Å². The molecule has 0 bridgehead atoms. The fraction of sp³-hybridized carbons (Fsp3) is 0.526. The summed E-state index contributed by atoms with van der Waals surface area (Å²) in [5.74, 6) is 0.242. The maximum Gasteiger partial charge on any atom is 0.410 e. The van der Waals surface area contributed by atoms with E-state index in [4.69, 9.17) is 4.74 Å². The van der Waals surface area contributed by atoms with Gasteiger partial charge in [0.05, 0.1) is 38.7 Å². The zero-order chi connectivity index (χ0) is 21.2. The highest BCUT2D eigenvalue weighted by molar-refractivity contribution is 7.85. The summed E-state index contributed by atoms with van der Waals surface area (Å²) in [6.45, 7) is 6.02. The molecule has 3 rings (SSSR count). The molecule has 1 saturated heterocycles. The summed E-state index contributed by atoms with van der Waals surface area (Å²) in [5, 5.41) is 11.2. The van der Waals surface area contributed by atoms with Gasteiger partial charge in [0.25, 0.3) is 5.69 Å². The molecule has 2 heterocycles. The lowest BCUT2D eigenvalue weighted by atomic mass is 10.0. The number of benzene rings is 1. The van der Waals surface area contributed by atoms with Crippen molar-refractivity contribution in [3.63, 3.8) is 0 Å². The van der Waals surface area contributed by atoms with Gasteiger partial charge < -0.3 is 9.64 Å². The van der Waals surface area contributed by atoms with Gasteiger partial charge in [0.1, 0.15) is 10.6 Å². The number of likely N-dealkylation sites (tertiary alicyclic amines) is 1. The fourth-order valence-electron chi connectivity index (χ4n) is 3.20. The number of nitro groups is 1. The third-order valence-electron chi connectivity index (χ3n) is 4.55. The maximum atomic E-state index is 12.9. The molecule has 156 valence electrons. The third kappa shape index (κ3) is 5.26. The Hall–Kier alpha value is -2.62. The predicted molar refractivity (Wildman–Crippen MR) is 108 cm³/mol. The Bertz CT molecular complexity index is 959. The van der Waals surface area contributed by atoms with Crippen LogP contribution >= 0.6 is 0 Å². The first-order valence-corrected chi connectivity index (χ1v) is 10.7. The number of non-ortho nitro benzene ring substituents is 1. The molecule has 0 unspecified atom stereocenters. The topological polar surface area (TPSA) is 116 Å². The molecule has 10 heteroatoms. The second-order valence-electron chi connectivity index (χ2n) is 7.97. The van der Waals surface area contributed by atoms with Crippen LogP contribution in [0.1, 0.15) is 40.0 Å². The third-order valence-corrected chi connectivity index (χ3v) is 5.90. The van der Waals surface area contributed by atoms with Crippen LogP contribution in [0.3, 0.4) is 0 Å². The molecule has 2 aromatic rings. The van der Waals surface area contributed by atoms with Gasteiger partial charge in [-0.1, -0.05) is 0 Å². The predicted octanol–water partition coefficient (Wildman–Crippen LogP) is 3.44. The number of amides is 1. The minimum absolute atomic E-state index is 0.0733. The van der Waals surface area contributed by atoms with Gasteiger partial charge in [-0.05, 0) is 46.1 Å². The maximum absolute atomic E-state index is 12.9. The first-order chi connectivity index (χ1) is 13.6. The van der Waals surface area contributed by atoms with E-state index in [9.17, 15) is 19.1 Å². The van der Waals surface area contributed by atoms with Crippen molar-refractivity contribution < 1.29 is 18.7 Å². The number of fused-ring (bicyclic) bond motifs is 1. The molecule has 1 aliphatic rings. The zero-order valence-electron chi connectivity index (χ0n) is 16.7. The van der Waals surface area contributed by atoms with Crippen LogP contribution in [0.15, 0.2) is 29.4 Å². The van der Waals surface area contributed by atoms with Gasteiger partial charge in [0.2, 0.25) is 0 Å². The second-order valence-corrected chi connectivity index (χ2v) is 9.42. The summed E-state index contributed by atoms with van der Waals surface area (Å²) in [6.07, 6.45) is 3.57. The Labute approximate surface area is 171 Å². The van der Waals surface area contributed by atoms with Crippen molar-refractivity contribution in [3.05, 3.63) is 34.5 Å². The van der Waals surface area contributed by atoms with E-state index in [2.05, 4.69) is 9.97 Å². The summed E-state index contributed by atoms with van der Waals surface area (Å²) in [7, 11) is -1.47. The van der Waals surface area contributed by atoms with Crippen molar-refractivity contribution in [2.75, 3.05) is 12.3 Å². The number of nitro benzene ring substituents is 1. The molecule has 0 spiro atoms. The van der Waals surface area contributed by atoms with Crippen LogP contribution in [0.25, 0.3) is 11.0 Å². The van der Waals surface area contributed by atoms with Gasteiger partial charge in [-0.2, -0.15) is 0 Å². The van der Waals surface area contributed by atoms with E-state index in [1.54, 1.807) is 4.90 Å². The standard InChI is InChI=1S/C19H24N4O5S/c1-19(2,3)28-18(24)22-9-5-4-6-14(22)12-29(27)17-11-20-16-10-13(23(25)26)7-8-15(16)21-17/h7-8,10-11,14H,4-6,9,12H2,1-3H3/t14-,29-/m0/s1. The van der Waals surface area contributed by atoms with E-state index in [0.29, 0.717) is 22.6 Å². The first-order valence-electron chi connectivity index (χ1n) is 9.43. The number of ether oxygens (including phenoxy) is 1. The smallest absolute Gasteiger partial charge is 0.410 e. The molecule has 1 amide bonds. The number of aromatic nitrogens is 2. The molecule has 29 heavy (non-hydrogen) atoms. The highest BCUT2D eigenvalue weighted by Gasteiger charge is 2.32. The molecule has 0 aliphatic carbocycles. The normalized spacial score (nSPS) is 18.4. The molecule has 1 aliphatic heterocycles. The van der Waals surface area contributed by atoms with Gasteiger partial charge in [-0.25, -0.2) is 9.78 Å². The lowest BCUT2D eigenvalue weighted by Crippen LogP contribution is -2.48. The van der Waals surface area contributed by atoms with Gasteiger partial charge in [0, 0.05) is 24.7 Å². The van der Waals surface area contributed by atoms with E-state index >= 15 is 0 Å². The summed E-state index contributed by atoms with van der Waals surface area (Å²) in [5.41, 5.74) is 0.142. The number of carbonyl (C=O) groups is 1. The zero-order valence-corrected chi connectivity index (χ0v) is 17.5. The van der Waals surface area contributed by atoms with Gasteiger partial charge in [-0.3, -0.25) is 19.3 Å². The molecule has 0 radical (unpaired) electrons. The lowest BCUT2D eigenvalue weighted by Gasteiger charge is -2.36. The van der Waals surface area contributed by atoms with Crippen LogP contribution in [-0.4, -0.2) is 54.0 Å². The van der Waals surface area contributed by atoms with E-state index in [-0.39, 0.29) is 17.5 Å². The number of rotatable bonds is 4. The van der Waals surface area contributed by atoms with Gasteiger partial charge in [-0.15, -0.1) is 0 Å². The Morgan fingerprint density at radius 3 is 2.79 bits per heavy atom. The molecular formula is C19H24N4O5S. The first kappa shape index (κ1) is 21.1. The number of carbonyl (C=O) groups excluding carboxylic acids is 1. The molecule has 1 fully saturated rings. The molecular weight excluding hydrogens is 396 g/mol. The molecule has 1 aromatic heterocycles. The highest BCUT2D eigenvalue weighted by Crippen LogP contribution is 2.23. The number of hydrogen-bond donors (Lipinski definition) is 0. The van der Waals surface area contributed by atoms with Crippen molar-refractivity contribution in [3.8, 4) is 0 Å². The Balaban J connectivity index is 1.76. The lowest BCUT2D eigenvalue weighted by molar-refractivity contribution is -0.384. The van der Waals surface area contributed by atoms with E-state index < -0.39 is 27.4 Å². The summed E-state index contributed by atoms with van der Waals surface area (Å²) in [4.78, 5) is 33.1. The molecule has 9 nitrogen and oxygen atoms in total. The minimum Gasteiger partial charge on any atom is -0.444 e. The summed E-state index contributed by atoms with van der Waals surface area (Å²) in [6, 6.07) is 3.97. The van der Waals surface area contributed by atoms with Crippen molar-refractivity contribution in [2.24, 2.45) is 0 Å². The molecule has 0 N–H and O–H groups in total. The Kier molecular flexibility index (Phi) is 6.11. The molecule has 2 atom stereocenters. The minimum atomic E-state index is -1.47. The molecule has 1 aromatic carbocycles. The summed E-state index contributed by atoms with van der Waals surface area (Å²) >= 11 is 0. The van der Waals surface area contributed by atoms with Crippen molar-refractivity contribution in [1.82, 2.24) is 14.9 Å². The van der Waals surface area contributed by atoms with Crippen LogP contribution < -0.4 is 0 Å². The summed E-state index contributed by atoms with van der Waals surface area (Å²) < 4.78 is 18.4. The highest BCUT2D eigenvalue weighted by atomic mass is 32.2. The molecule has 0 saturated carbocycles. The second kappa shape index (κ2) is 8.40. The Morgan fingerprint density at radius 2 is 2.10 bits per heavy atom. The van der Waals surface area contributed by atoms with E-state index in [0.717, 1.165) is 19.3 Å². The van der Waals surface area contributed by atoms with E-state index in [1.165, 1.54) is 24.4 Å². The van der Waals surface area contributed by atoms with Crippen LogP contribution in [0, 0.1) is 10.1 Å². The number of nitrogens with zero attached hydrogens (tertiary/aromatic N) is 4. The monoisotopic (exact) mass is 420 g/mol. The number of piperidine rings is 1. The Morgan fingerprint density at radius 1 is 1.34 bits per heavy atom. The van der Waals surface area contributed by atoms with Gasteiger partial charge in [0.15, 0.2) is 0 Å². The number of hydrogen-bond acceptors (Lipinski definition) is 7. The van der Waals surface area contributed by atoms with Crippen LogP contribution in [0.2, 0.25) is 0 Å². The van der Waals surface area contributed by atoms with E-state index in [1.807, 2.05) is 20.8 Å². The largest absolute Gasteiger partial charge is 0.444 e. The van der Waals surface area contributed by atoms with Crippen LogP contribution in [-0.2, 0) is 15.5 Å². The van der Waals surface area contributed by atoms with Gasteiger partial charge >= 0.3 is 6.09 Å². The quantitative estimate of drug-likeness (QED) is 0.549. The van der Waals surface area contributed by atoms with Crippen LogP contribution in [0.4, 0.5) is 10.5 Å². The average molecular weight is 420 g/mol.